The first-order valence-corrected chi connectivity index (χ1v) is 5.98. The van der Waals surface area contributed by atoms with Crippen LogP contribution in [-0.4, -0.2) is 21.6 Å². The van der Waals surface area contributed by atoms with E-state index in [1.807, 2.05) is 0 Å². The molecule has 0 bridgehead atoms. The number of aromatic nitrogens is 3. The molecule has 2 rings (SSSR count). The van der Waals surface area contributed by atoms with Crippen LogP contribution in [0.25, 0.3) is 11.3 Å². The first kappa shape index (κ1) is 14.5. The fraction of sp³-hybridized carbons (Fsp3) is 0.250. The third-order valence-electron chi connectivity index (χ3n) is 2.27. The van der Waals surface area contributed by atoms with Crippen LogP contribution in [0.4, 0.5) is 13.2 Å². The molecule has 4 nitrogen and oxygen atoms in total. The minimum atomic E-state index is -4.66. The lowest BCUT2D eigenvalue weighted by Crippen LogP contribution is -2.11. The molecule has 0 atom stereocenters. The van der Waals surface area contributed by atoms with Crippen molar-refractivity contribution in [1.82, 2.24) is 15.0 Å². The molecule has 0 unspecified atom stereocenters. The molecule has 0 amide bonds. The molecular weight excluding hydrogens is 295 g/mol. The Morgan fingerprint density at radius 2 is 1.95 bits per heavy atom. The van der Waals surface area contributed by atoms with E-state index in [1.165, 1.54) is 24.5 Å². The van der Waals surface area contributed by atoms with Gasteiger partial charge in [-0.3, -0.25) is 4.98 Å². The maximum atomic E-state index is 12.6. The molecule has 0 radical (unpaired) electrons. The molecule has 0 aliphatic heterocycles. The Hall–Kier alpha value is -1.89. The normalized spacial score (nSPS) is 11.4. The van der Waals surface area contributed by atoms with Crippen LogP contribution < -0.4 is 4.74 Å². The molecule has 0 spiro atoms. The molecule has 106 valence electrons. The van der Waals surface area contributed by atoms with Crippen molar-refractivity contribution in [3.63, 3.8) is 0 Å². The van der Waals surface area contributed by atoms with E-state index >= 15 is 0 Å². The zero-order valence-electron chi connectivity index (χ0n) is 10.3. The monoisotopic (exact) mass is 303 g/mol. The van der Waals surface area contributed by atoms with E-state index in [0.29, 0.717) is 17.9 Å². The Morgan fingerprint density at radius 1 is 1.20 bits per heavy atom. The molecule has 2 aromatic heterocycles. The van der Waals surface area contributed by atoms with Crippen molar-refractivity contribution < 1.29 is 17.9 Å². The van der Waals surface area contributed by atoms with E-state index in [9.17, 15) is 13.2 Å². The van der Waals surface area contributed by atoms with Crippen molar-refractivity contribution in [2.45, 2.75) is 13.1 Å². The largest absolute Gasteiger partial charge is 0.492 e. The van der Waals surface area contributed by atoms with Crippen LogP contribution in [-0.2, 0) is 6.18 Å². The lowest BCUT2D eigenvalue weighted by atomic mass is 10.2. The number of halogens is 4. The van der Waals surface area contributed by atoms with Crippen molar-refractivity contribution in [1.29, 1.82) is 0 Å². The molecule has 2 heterocycles. The van der Waals surface area contributed by atoms with Crippen LogP contribution >= 0.6 is 11.6 Å². The van der Waals surface area contributed by atoms with E-state index in [1.54, 1.807) is 6.92 Å². The Bertz CT molecular complexity index is 619. The Labute approximate surface area is 117 Å². The average molecular weight is 304 g/mol. The minimum Gasteiger partial charge on any atom is -0.492 e. The molecule has 2 aromatic rings. The Balaban J connectivity index is 2.47. The van der Waals surface area contributed by atoms with Gasteiger partial charge in [0.05, 0.1) is 18.5 Å². The molecule has 0 aromatic carbocycles. The average Bonchev–Trinajstić information content (AvgIpc) is 2.38. The van der Waals surface area contributed by atoms with Gasteiger partial charge in [0, 0.05) is 17.8 Å². The van der Waals surface area contributed by atoms with E-state index < -0.39 is 12.0 Å². The molecule has 0 saturated heterocycles. The summed E-state index contributed by atoms with van der Waals surface area (Å²) in [6.07, 6.45) is -1.83. The lowest BCUT2D eigenvalue weighted by molar-refractivity contribution is -0.144. The molecule has 0 saturated carbocycles. The number of hydrogen-bond acceptors (Lipinski definition) is 4. The summed E-state index contributed by atoms with van der Waals surface area (Å²) in [5.74, 6) is -0.852. The molecule has 0 aliphatic carbocycles. The summed E-state index contributed by atoms with van der Waals surface area (Å²) < 4.78 is 43.2. The summed E-state index contributed by atoms with van der Waals surface area (Å²) in [6, 6.07) is 2.78. The summed E-state index contributed by atoms with van der Waals surface area (Å²) in [7, 11) is 0. The van der Waals surface area contributed by atoms with E-state index in [4.69, 9.17) is 16.3 Å². The van der Waals surface area contributed by atoms with Crippen LogP contribution in [0.15, 0.2) is 24.5 Å². The number of hydrogen-bond donors (Lipinski definition) is 0. The quantitative estimate of drug-likeness (QED) is 0.813. The van der Waals surface area contributed by atoms with Crippen LogP contribution in [0.1, 0.15) is 12.7 Å². The number of nitrogens with zero attached hydrogens (tertiary/aromatic N) is 3. The van der Waals surface area contributed by atoms with Gasteiger partial charge in [0.2, 0.25) is 5.82 Å². The molecule has 20 heavy (non-hydrogen) atoms. The van der Waals surface area contributed by atoms with Gasteiger partial charge in [-0.15, -0.1) is 0 Å². The number of alkyl halides is 3. The molecule has 0 aliphatic rings. The highest BCUT2D eigenvalue weighted by molar-refractivity contribution is 6.29. The van der Waals surface area contributed by atoms with Gasteiger partial charge in [-0.1, -0.05) is 11.6 Å². The number of ether oxygens (including phenoxy) is 1. The molecular formula is C12H9ClF3N3O. The van der Waals surface area contributed by atoms with Gasteiger partial charge >= 0.3 is 6.18 Å². The SMILES string of the molecule is CCOc1cncc(-c2cc(Cl)nc(C(F)(F)F)n2)c1. The van der Waals surface area contributed by atoms with Crippen molar-refractivity contribution in [3.8, 4) is 17.0 Å². The van der Waals surface area contributed by atoms with Gasteiger partial charge in [-0.25, -0.2) is 9.97 Å². The van der Waals surface area contributed by atoms with Crippen LogP contribution in [0, 0.1) is 0 Å². The van der Waals surface area contributed by atoms with E-state index in [0.717, 1.165) is 0 Å². The summed E-state index contributed by atoms with van der Waals surface area (Å²) in [5.41, 5.74) is 0.400. The van der Waals surface area contributed by atoms with Gasteiger partial charge in [0.1, 0.15) is 10.9 Å². The first-order chi connectivity index (χ1) is 9.40. The Kier molecular flexibility index (Phi) is 4.08. The predicted octanol–water partition coefficient (Wildman–Crippen LogP) is 3.61. The topological polar surface area (TPSA) is 47.9 Å². The van der Waals surface area contributed by atoms with Gasteiger partial charge in [0.25, 0.3) is 0 Å². The Morgan fingerprint density at radius 3 is 2.60 bits per heavy atom. The van der Waals surface area contributed by atoms with Gasteiger partial charge < -0.3 is 4.74 Å². The second kappa shape index (κ2) is 5.62. The highest BCUT2D eigenvalue weighted by atomic mass is 35.5. The highest BCUT2D eigenvalue weighted by Crippen LogP contribution is 2.30. The van der Waals surface area contributed by atoms with Gasteiger partial charge in [0.15, 0.2) is 0 Å². The molecule has 0 fully saturated rings. The highest BCUT2D eigenvalue weighted by Gasteiger charge is 2.35. The van der Waals surface area contributed by atoms with Crippen LogP contribution in [0.3, 0.4) is 0 Å². The first-order valence-electron chi connectivity index (χ1n) is 5.60. The number of pyridine rings is 1. The molecule has 0 N–H and O–H groups in total. The van der Waals surface area contributed by atoms with Crippen LogP contribution in [0.5, 0.6) is 5.75 Å². The van der Waals surface area contributed by atoms with Crippen molar-refractivity contribution in [2.75, 3.05) is 6.61 Å². The summed E-state index contributed by atoms with van der Waals surface area (Å²) in [6.45, 7) is 2.21. The minimum absolute atomic E-state index is 0.0337. The van der Waals surface area contributed by atoms with E-state index in [-0.39, 0.29) is 10.8 Å². The maximum absolute atomic E-state index is 12.6. The van der Waals surface area contributed by atoms with Crippen molar-refractivity contribution in [2.24, 2.45) is 0 Å². The maximum Gasteiger partial charge on any atom is 0.451 e. The van der Waals surface area contributed by atoms with Gasteiger partial charge in [-0.2, -0.15) is 13.2 Å². The third-order valence-corrected chi connectivity index (χ3v) is 2.46. The standard InChI is InChI=1S/C12H9ClF3N3O/c1-2-20-8-3-7(5-17-6-8)9-4-10(13)19-11(18-9)12(14,15)16/h3-6H,2H2,1H3. The smallest absolute Gasteiger partial charge is 0.451 e. The predicted molar refractivity (Wildman–Crippen MR) is 66.4 cm³/mol. The summed E-state index contributed by atoms with van der Waals surface area (Å²) in [5, 5.41) is -0.288. The second-order valence-corrected chi connectivity index (χ2v) is 4.13. The molecule has 8 heteroatoms. The zero-order chi connectivity index (χ0) is 14.8. The fourth-order valence-corrected chi connectivity index (χ4v) is 1.68. The number of rotatable bonds is 3. The van der Waals surface area contributed by atoms with Gasteiger partial charge in [-0.05, 0) is 13.0 Å². The fourth-order valence-electron chi connectivity index (χ4n) is 1.50. The summed E-state index contributed by atoms with van der Waals surface area (Å²) in [4.78, 5) is 10.5. The van der Waals surface area contributed by atoms with Crippen molar-refractivity contribution >= 4 is 11.6 Å². The third kappa shape index (κ3) is 3.36. The van der Waals surface area contributed by atoms with Crippen LogP contribution in [0.2, 0.25) is 5.15 Å². The van der Waals surface area contributed by atoms with Crippen molar-refractivity contribution in [3.05, 3.63) is 35.5 Å². The lowest BCUT2D eigenvalue weighted by Gasteiger charge is -2.09. The summed E-state index contributed by atoms with van der Waals surface area (Å²) >= 11 is 5.60. The second-order valence-electron chi connectivity index (χ2n) is 3.74. The van der Waals surface area contributed by atoms with E-state index in [2.05, 4.69) is 15.0 Å². The zero-order valence-corrected chi connectivity index (χ0v) is 11.0.